The average molecular weight is 213 g/mol. The Hall–Kier alpha value is -0.0800. The zero-order valence-electron chi connectivity index (χ0n) is 10.5. The largest absolute Gasteiger partial charge is 0.393 e. The molecule has 1 fully saturated rings. The standard InChI is InChI=1S/C13H27NO/c1-10-7-11(2)9-13(8-10)14-6-4-5-12(3)15/h10-15H,4-9H2,1-3H3. The molecule has 0 aromatic carbocycles. The summed E-state index contributed by atoms with van der Waals surface area (Å²) in [5, 5.41) is 12.8. The van der Waals surface area contributed by atoms with Gasteiger partial charge in [-0.05, 0) is 57.4 Å². The molecule has 3 unspecified atom stereocenters. The molecule has 0 saturated heterocycles. The highest BCUT2D eigenvalue weighted by atomic mass is 16.3. The highest BCUT2D eigenvalue weighted by Gasteiger charge is 2.22. The van der Waals surface area contributed by atoms with Gasteiger partial charge in [0.1, 0.15) is 0 Å². The van der Waals surface area contributed by atoms with E-state index in [-0.39, 0.29) is 6.10 Å². The van der Waals surface area contributed by atoms with E-state index in [9.17, 15) is 0 Å². The third-order valence-electron chi connectivity index (χ3n) is 3.41. The van der Waals surface area contributed by atoms with Crippen molar-refractivity contribution in [3.63, 3.8) is 0 Å². The summed E-state index contributed by atoms with van der Waals surface area (Å²) in [6.07, 6.45) is 5.93. The topological polar surface area (TPSA) is 32.3 Å². The van der Waals surface area contributed by atoms with Gasteiger partial charge in [0.15, 0.2) is 0 Å². The van der Waals surface area contributed by atoms with Crippen LogP contribution in [0.4, 0.5) is 0 Å². The van der Waals surface area contributed by atoms with E-state index in [4.69, 9.17) is 5.11 Å². The van der Waals surface area contributed by atoms with Crippen molar-refractivity contribution in [1.29, 1.82) is 0 Å². The molecule has 1 saturated carbocycles. The molecule has 1 aliphatic rings. The Balaban J connectivity index is 2.10. The Morgan fingerprint density at radius 3 is 2.33 bits per heavy atom. The summed E-state index contributed by atoms with van der Waals surface area (Å²) < 4.78 is 0. The summed E-state index contributed by atoms with van der Waals surface area (Å²) in [5.41, 5.74) is 0. The predicted molar refractivity (Wildman–Crippen MR) is 64.9 cm³/mol. The lowest BCUT2D eigenvalue weighted by atomic mass is 9.80. The van der Waals surface area contributed by atoms with Crippen LogP contribution in [-0.2, 0) is 0 Å². The lowest BCUT2D eigenvalue weighted by Gasteiger charge is -2.32. The zero-order chi connectivity index (χ0) is 11.3. The second-order valence-corrected chi connectivity index (χ2v) is 5.56. The van der Waals surface area contributed by atoms with Crippen LogP contribution >= 0.6 is 0 Å². The number of nitrogens with one attached hydrogen (secondary N) is 1. The number of rotatable bonds is 5. The fourth-order valence-electron chi connectivity index (χ4n) is 2.82. The normalized spacial score (nSPS) is 34.0. The Labute approximate surface area is 94.5 Å². The van der Waals surface area contributed by atoms with Gasteiger partial charge in [-0.1, -0.05) is 13.8 Å². The van der Waals surface area contributed by atoms with Crippen LogP contribution in [-0.4, -0.2) is 23.8 Å². The van der Waals surface area contributed by atoms with Crippen molar-refractivity contribution in [2.75, 3.05) is 6.54 Å². The molecule has 90 valence electrons. The SMILES string of the molecule is CC(O)CCCNC1CC(C)CC(C)C1. The van der Waals surface area contributed by atoms with Gasteiger partial charge in [-0.25, -0.2) is 0 Å². The highest BCUT2D eigenvalue weighted by Crippen LogP contribution is 2.28. The first-order valence-corrected chi connectivity index (χ1v) is 6.49. The van der Waals surface area contributed by atoms with Crippen molar-refractivity contribution < 1.29 is 5.11 Å². The molecule has 0 heterocycles. The van der Waals surface area contributed by atoms with E-state index in [1.807, 2.05) is 6.92 Å². The van der Waals surface area contributed by atoms with Gasteiger partial charge in [-0.15, -0.1) is 0 Å². The fraction of sp³-hybridized carbons (Fsp3) is 1.00. The maximum atomic E-state index is 9.15. The van der Waals surface area contributed by atoms with Crippen molar-refractivity contribution in [2.45, 2.75) is 65.0 Å². The van der Waals surface area contributed by atoms with Crippen LogP contribution in [0.25, 0.3) is 0 Å². The van der Waals surface area contributed by atoms with E-state index in [1.165, 1.54) is 19.3 Å². The fourth-order valence-corrected chi connectivity index (χ4v) is 2.82. The van der Waals surface area contributed by atoms with Crippen molar-refractivity contribution in [3.05, 3.63) is 0 Å². The quantitative estimate of drug-likeness (QED) is 0.688. The van der Waals surface area contributed by atoms with E-state index in [1.54, 1.807) is 0 Å². The van der Waals surface area contributed by atoms with Gasteiger partial charge in [0.2, 0.25) is 0 Å². The van der Waals surface area contributed by atoms with Crippen molar-refractivity contribution in [1.82, 2.24) is 5.32 Å². The molecule has 3 atom stereocenters. The monoisotopic (exact) mass is 213 g/mol. The van der Waals surface area contributed by atoms with E-state index in [0.29, 0.717) is 0 Å². The van der Waals surface area contributed by atoms with E-state index in [2.05, 4.69) is 19.2 Å². The van der Waals surface area contributed by atoms with E-state index >= 15 is 0 Å². The molecule has 0 bridgehead atoms. The number of hydrogen-bond acceptors (Lipinski definition) is 2. The minimum Gasteiger partial charge on any atom is -0.393 e. The summed E-state index contributed by atoms with van der Waals surface area (Å²) in [6.45, 7) is 7.65. The van der Waals surface area contributed by atoms with Gasteiger partial charge in [-0.3, -0.25) is 0 Å². The smallest absolute Gasteiger partial charge is 0.0512 e. The molecule has 0 amide bonds. The second-order valence-electron chi connectivity index (χ2n) is 5.56. The van der Waals surface area contributed by atoms with Crippen LogP contribution in [0.5, 0.6) is 0 Å². The first-order chi connectivity index (χ1) is 7.08. The van der Waals surface area contributed by atoms with Crippen LogP contribution in [0.15, 0.2) is 0 Å². The molecule has 0 aliphatic heterocycles. The molecule has 0 aromatic rings. The molecule has 0 spiro atoms. The molecular formula is C13H27NO. The Morgan fingerprint density at radius 2 is 1.80 bits per heavy atom. The molecule has 1 aliphatic carbocycles. The van der Waals surface area contributed by atoms with Gasteiger partial charge in [0.05, 0.1) is 6.10 Å². The van der Waals surface area contributed by atoms with Gasteiger partial charge in [0, 0.05) is 6.04 Å². The lowest BCUT2D eigenvalue weighted by Crippen LogP contribution is -2.36. The van der Waals surface area contributed by atoms with Crippen LogP contribution in [0, 0.1) is 11.8 Å². The minimum absolute atomic E-state index is 0.143. The van der Waals surface area contributed by atoms with Crippen LogP contribution in [0.2, 0.25) is 0 Å². The number of hydrogen-bond donors (Lipinski definition) is 2. The van der Waals surface area contributed by atoms with E-state index in [0.717, 1.165) is 37.3 Å². The van der Waals surface area contributed by atoms with Crippen LogP contribution in [0.3, 0.4) is 0 Å². The zero-order valence-corrected chi connectivity index (χ0v) is 10.5. The minimum atomic E-state index is -0.143. The summed E-state index contributed by atoms with van der Waals surface area (Å²) >= 11 is 0. The van der Waals surface area contributed by atoms with Crippen LogP contribution < -0.4 is 5.32 Å². The molecular weight excluding hydrogens is 186 g/mol. The predicted octanol–water partition coefficient (Wildman–Crippen LogP) is 2.56. The van der Waals surface area contributed by atoms with Crippen molar-refractivity contribution in [3.8, 4) is 0 Å². The molecule has 1 rings (SSSR count). The summed E-state index contributed by atoms with van der Waals surface area (Å²) in [5.74, 6) is 1.76. The summed E-state index contributed by atoms with van der Waals surface area (Å²) in [6, 6.07) is 0.720. The number of aliphatic hydroxyl groups excluding tert-OH is 1. The Morgan fingerprint density at radius 1 is 1.20 bits per heavy atom. The molecule has 2 heteroatoms. The summed E-state index contributed by atoms with van der Waals surface area (Å²) in [4.78, 5) is 0. The lowest BCUT2D eigenvalue weighted by molar-refractivity contribution is 0.178. The molecule has 0 radical (unpaired) electrons. The molecule has 2 N–H and O–H groups in total. The number of aliphatic hydroxyl groups is 1. The van der Waals surface area contributed by atoms with Crippen molar-refractivity contribution in [2.24, 2.45) is 11.8 Å². The molecule has 0 aromatic heterocycles. The maximum absolute atomic E-state index is 9.15. The van der Waals surface area contributed by atoms with Gasteiger partial charge in [0.25, 0.3) is 0 Å². The average Bonchev–Trinajstić information content (AvgIpc) is 2.10. The van der Waals surface area contributed by atoms with Crippen LogP contribution in [0.1, 0.15) is 52.9 Å². The summed E-state index contributed by atoms with van der Waals surface area (Å²) in [7, 11) is 0. The van der Waals surface area contributed by atoms with Crippen molar-refractivity contribution >= 4 is 0 Å². The first-order valence-electron chi connectivity index (χ1n) is 6.49. The second kappa shape index (κ2) is 6.49. The van der Waals surface area contributed by atoms with Gasteiger partial charge >= 0.3 is 0 Å². The molecule has 15 heavy (non-hydrogen) atoms. The van der Waals surface area contributed by atoms with E-state index < -0.39 is 0 Å². The van der Waals surface area contributed by atoms with Gasteiger partial charge < -0.3 is 10.4 Å². The van der Waals surface area contributed by atoms with Gasteiger partial charge in [-0.2, -0.15) is 0 Å². The Bertz CT molecular complexity index is 160. The third kappa shape index (κ3) is 5.53. The first kappa shape index (κ1) is 13.0. The maximum Gasteiger partial charge on any atom is 0.0512 e. The Kier molecular flexibility index (Phi) is 5.62. The third-order valence-corrected chi connectivity index (χ3v) is 3.41. The molecule has 2 nitrogen and oxygen atoms in total. The highest BCUT2D eigenvalue weighted by molar-refractivity contribution is 4.79.